The van der Waals surface area contributed by atoms with E-state index in [-0.39, 0.29) is 12.8 Å². The summed E-state index contributed by atoms with van der Waals surface area (Å²) in [4.78, 5) is 0. The van der Waals surface area contributed by atoms with E-state index >= 15 is 0 Å². The van der Waals surface area contributed by atoms with E-state index in [1.165, 1.54) is 0 Å². The zero-order valence-electron chi connectivity index (χ0n) is 13.7. The second-order valence-electron chi connectivity index (χ2n) is 6.41. The highest BCUT2D eigenvalue weighted by Crippen LogP contribution is 2.31. The molecule has 0 spiro atoms. The molecule has 5 nitrogen and oxygen atoms in total. The average Bonchev–Trinajstić information content (AvgIpc) is 2.97. The predicted molar refractivity (Wildman–Crippen MR) is 89.2 cm³/mol. The minimum absolute atomic E-state index is 0.00309. The van der Waals surface area contributed by atoms with Crippen molar-refractivity contribution in [3.63, 3.8) is 0 Å². The molecule has 0 amide bonds. The maximum atomic E-state index is 10.5. The normalized spacial score (nSPS) is 20.0. The number of ether oxygens (including phenoxy) is 1. The Hall–Kier alpha value is -1.43. The van der Waals surface area contributed by atoms with Crippen molar-refractivity contribution < 1.29 is 14.9 Å². The van der Waals surface area contributed by atoms with E-state index in [1.807, 2.05) is 17.8 Å². The number of nitrogens with zero attached hydrogens (tertiary/aromatic N) is 2. The zero-order chi connectivity index (χ0) is 16.2. The van der Waals surface area contributed by atoms with E-state index in [4.69, 9.17) is 9.84 Å². The van der Waals surface area contributed by atoms with Crippen LogP contribution in [0.5, 0.6) is 0 Å². The maximum absolute atomic E-state index is 10.5. The summed E-state index contributed by atoms with van der Waals surface area (Å²) in [7, 11) is 0. The van der Waals surface area contributed by atoms with Gasteiger partial charge in [0.1, 0.15) is 0 Å². The van der Waals surface area contributed by atoms with Gasteiger partial charge in [0.2, 0.25) is 0 Å². The van der Waals surface area contributed by atoms with Crippen LogP contribution in [0.1, 0.15) is 62.0 Å². The van der Waals surface area contributed by atoms with Crippen molar-refractivity contribution >= 4 is 10.9 Å². The van der Waals surface area contributed by atoms with Crippen LogP contribution < -0.4 is 0 Å². The van der Waals surface area contributed by atoms with E-state index in [0.29, 0.717) is 6.42 Å². The number of aromatic nitrogens is 2. The Kier molecular flexibility index (Phi) is 5.30. The first kappa shape index (κ1) is 16.4. The summed E-state index contributed by atoms with van der Waals surface area (Å²) < 4.78 is 7.81. The van der Waals surface area contributed by atoms with Gasteiger partial charge in [-0.25, -0.2) is 4.68 Å². The van der Waals surface area contributed by atoms with Gasteiger partial charge in [-0.05, 0) is 68.7 Å². The number of unbranched alkanes of at least 4 members (excludes halogenated alkanes) is 1. The third-order valence-corrected chi connectivity index (χ3v) is 4.66. The molecule has 1 aromatic carbocycles. The van der Waals surface area contributed by atoms with Crippen molar-refractivity contribution in [1.82, 2.24) is 9.78 Å². The van der Waals surface area contributed by atoms with Crippen LogP contribution in [0.15, 0.2) is 18.3 Å². The standard InChI is InChI=1S/C18H26N2O3/c1-13-10-14-12-19-20(18-7-3-5-9-23-18)16(14)11-15(13)17(22)6-2-4-8-21/h10-12,17-18,21-22H,2-9H2,1H3. The monoisotopic (exact) mass is 318 g/mol. The smallest absolute Gasteiger partial charge is 0.150 e. The highest BCUT2D eigenvalue weighted by atomic mass is 16.5. The van der Waals surface area contributed by atoms with Crippen LogP contribution in [0.25, 0.3) is 10.9 Å². The van der Waals surface area contributed by atoms with Crippen molar-refractivity contribution in [2.75, 3.05) is 13.2 Å². The second-order valence-corrected chi connectivity index (χ2v) is 6.41. The number of hydrogen-bond donors (Lipinski definition) is 2. The quantitative estimate of drug-likeness (QED) is 0.802. The molecule has 1 aromatic heterocycles. The SMILES string of the molecule is Cc1cc2cnn(C3CCCCO3)c2cc1C(O)CCCCO. The Bertz CT molecular complexity index is 647. The molecule has 0 saturated carbocycles. The van der Waals surface area contributed by atoms with Gasteiger partial charge < -0.3 is 14.9 Å². The molecule has 3 rings (SSSR count). The molecular formula is C18H26N2O3. The summed E-state index contributed by atoms with van der Waals surface area (Å²) in [6.45, 7) is 2.99. The molecule has 0 radical (unpaired) electrons. The molecule has 1 aliphatic rings. The van der Waals surface area contributed by atoms with Crippen LogP contribution in [0, 0.1) is 6.92 Å². The van der Waals surface area contributed by atoms with Crippen molar-refractivity contribution in [1.29, 1.82) is 0 Å². The molecule has 2 unspecified atom stereocenters. The molecule has 2 heterocycles. The van der Waals surface area contributed by atoms with Crippen molar-refractivity contribution in [3.05, 3.63) is 29.5 Å². The largest absolute Gasteiger partial charge is 0.396 e. The molecule has 1 fully saturated rings. The molecule has 0 bridgehead atoms. The molecule has 23 heavy (non-hydrogen) atoms. The van der Waals surface area contributed by atoms with Crippen LogP contribution in [-0.4, -0.2) is 33.2 Å². The lowest BCUT2D eigenvalue weighted by molar-refractivity contribution is -0.0366. The third-order valence-electron chi connectivity index (χ3n) is 4.66. The fourth-order valence-electron chi connectivity index (χ4n) is 3.33. The predicted octanol–water partition coefficient (Wildman–Crippen LogP) is 3.24. The van der Waals surface area contributed by atoms with E-state index in [0.717, 1.165) is 60.7 Å². The maximum Gasteiger partial charge on any atom is 0.150 e. The Balaban J connectivity index is 1.88. The number of aryl methyl sites for hydroxylation is 1. The number of hydrogen-bond acceptors (Lipinski definition) is 4. The molecule has 2 atom stereocenters. The van der Waals surface area contributed by atoms with Gasteiger partial charge in [-0.1, -0.05) is 0 Å². The summed E-state index contributed by atoms with van der Waals surface area (Å²) in [5.74, 6) is 0. The van der Waals surface area contributed by atoms with Crippen molar-refractivity contribution in [2.45, 2.75) is 57.8 Å². The number of rotatable bonds is 6. The number of aliphatic hydroxyl groups is 2. The van der Waals surface area contributed by atoms with E-state index in [1.54, 1.807) is 0 Å². The van der Waals surface area contributed by atoms with Crippen LogP contribution in [0.4, 0.5) is 0 Å². The summed E-state index contributed by atoms with van der Waals surface area (Å²) in [6.07, 6.45) is 6.86. The Labute approximate surface area is 136 Å². The molecular weight excluding hydrogens is 292 g/mol. The number of fused-ring (bicyclic) bond motifs is 1. The van der Waals surface area contributed by atoms with Crippen molar-refractivity contribution in [3.8, 4) is 0 Å². The second kappa shape index (κ2) is 7.43. The van der Waals surface area contributed by atoms with Gasteiger partial charge >= 0.3 is 0 Å². The van der Waals surface area contributed by atoms with Crippen LogP contribution in [0.3, 0.4) is 0 Å². The van der Waals surface area contributed by atoms with E-state index in [9.17, 15) is 5.11 Å². The topological polar surface area (TPSA) is 67.5 Å². The van der Waals surface area contributed by atoms with Crippen LogP contribution >= 0.6 is 0 Å². The fourth-order valence-corrected chi connectivity index (χ4v) is 3.33. The number of benzene rings is 1. The first-order valence-corrected chi connectivity index (χ1v) is 8.59. The van der Waals surface area contributed by atoms with Gasteiger partial charge in [0.25, 0.3) is 0 Å². The van der Waals surface area contributed by atoms with Crippen molar-refractivity contribution in [2.24, 2.45) is 0 Å². The molecule has 2 N–H and O–H groups in total. The Morgan fingerprint density at radius 1 is 1.35 bits per heavy atom. The fraction of sp³-hybridized carbons (Fsp3) is 0.611. The summed E-state index contributed by atoms with van der Waals surface area (Å²) in [5, 5.41) is 25.0. The summed E-state index contributed by atoms with van der Waals surface area (Å²) >= 11 is 0. The number of aliphatic hydroxyl groups excluding tert-OH is 2. The first-order valence-electron chi connectivity index (χ1n) is 8.59. The Morgan fingerprint density at radius 3 is 2.96 bits per heavy atom. The lowest BCUT2D eigenvalue weighted by Gasteiger charge is -2.24. The lowest BCUT2D eigenvalue weighted by atomic mass is 9.98. The zero-order valence-corrected chi connectivity index (χ0v) is 13.7. The van der Waals surface area contributed by atoms with Gasteiger partial charge in [0, 0.05) is 18.6 Å². The highest BCUT2D eigenvalue weighted by Gasteiger charge is 2.20. The minimum atomic E-state index is -0.499. The Morgan fingerprint density at radius 2 is 2.22 bits per heavy atom. The first-order chi connectivity index (χ1) is 11.2. The molecule has 126 valence electrons. The lowest BCUT2D eigenvalue weighted by Crippen LogP contribution is -2.19. The highest BCUT2D eigenvalue weighted by molar-refractivity contribution is 5.80. The van der Waals surface area contributed by atoms with Gasteiger partial charge in [-0.2, -0.15) is 5.10 Å². The van der Waals surface area contributed by atoms with E-state index < -0.39 is 6.10 Å². The molecule has 1 aliphatic heterocycles. The summed E-state index contributed by atoms with van der Waals surface area (Å²) in [6, 6.07) is 4.14. The third kappa shape index (κ3) is 3.57. The van der Waals surface area contributed by atoms with Crippen LogP contribution in [-0.2, 0) is 4.74 Å². The minimum Gasteiger partial charge on any atom is -0.396 e. The van der Waals surface area contributed by atoms with E-state index in [2.05, 4.69) is 17.2 Å². The summed E-state index contributed by atoms with van der Waals surface area (Å²) in [5.41, 5.74) is 3.06. The molecule has 0 aliphatic carbocycles. The molecule has 2 aromatic rings. The molecule has 1 saturated heterocycles. The molecule has 5 heteroatoms. The van der Waals surface area contributed by atoms with Gasteiger partial charge in [-0.15, -0.1) is 0 Å². The van der Waals surface area contributed by atoms with Crippen LogP contribution in [0.2, 0.25) is 0 Å². The van der Waals surface area contributed by atoms with Gasteiger partial charge in [-0.3, -0.25) is 0 Å². The average molecular weight is 318 g/mol. The van der Waals surface area contributed by atoms with Gasteiger partial charge in [0.15, 0.2) is 6.23 Å². The van der Waals surface area contributed by atoms with Gasteiger partial charge in [0.05, 0.1) is 17.8 Å².